The summed E-state index contributed by atoms with van der Waals surface area (Å²) in [5, 5.41) is 10.2. The summed E-state index contributed by atoms with van der Waals surface area (Å²) in [5.41, 5.74) is 1.30. The van der Waals surface area contributed by atoms with Crippen LogP contribution in [-0.4, -0.2) is 18.8 Å². The highest BCUT2D eigenvalue weighted by Crippen LogP contribution is 2.46. The first kappa shape index (κ1) is 16.3. The monoisotopic (exact) mass is 288 g/mol. The first-order valence-electron chi connectivity index (χ1n) is 8.05. The first-order chi connectivity index (χ1) is 10.2. The van der Waals surface area contributed by atoms with Gasteiger partial charge in [0.25, 0.3) is 0 Å². The number of aliphatic hydroxyl groups is 1. The van der Waals surface area contributed by atoms with Gasteiger partial charge in [0, 0.05) is 7.11 Å². The van der Waals surface area contributed by atoms with E-state index in [0.29, 0.717) is 11.8 Å². The first-order valence-corrected chi connectivity index (χ1v) is 8.05. The van der Waals surface area contributed by atoms with E-state index in [1.165, 1.54) is 19.3 Å². The van der Waals surface area contributed by atoms with E-state index in [1.54, 1.807) is 7.11 Å². The van der Waals surface area contributed by atoms with Crippen molar-refractivity contribution in [1.82, 2.24) is 0 Å². The van der Waals surface area contributed by atoms with Gasteiger partial charge in [0.1, 0.15) is 0 Å². The van der Waals surface area contributed by atoms with Crippen LogP contribution in [0.3, 0.4) is 0 Å². The third-order valence-electron chi connectivity index (χ3n) is 5.02. The van der Waals surface area contributed by atoms with E-state index in [1.807, 2.05) is 30.3 Å². The third kappa shape index (κ3) is 4.18. The molecule has 1 unspecified atom stereocenters. The molecule has 0 aliphatic heterocycles. The predicted octanol–water partition coefficient (Wildman–Crippen LogP) is 4.51. The lowest BCUT2D eigenvalue weighted by molar-refractivity contribution is 0.0563. The SMILES string of the molecule is COC[C@@]1(C/C=C/CC(O)c2ccccc2)CCC[C@@H]1C. The van der Waals surface area contributed by atoms with Crippen LogP contribution >= 0.6 is 0 Å². The van der Waals surface area contributed by atoms with Crippen LogP contribution in [0.1, 0.15) is 50.7 Å². The summed E-state index contributed by atoms with van der Waals surface area (Å²) in [6, 6.07) is 9.86. The molecule has 21 heavy (non-hydrogen) atoms. The molecule has 1 N–H and O–H groups in total. The zero-order chi connectivity index (χ0) is 15.1. The Hall–Kier alpha value is -1.12. The van der Waals surface area contributed by atoms with Crippen LogP contribution in [0.4, 0.5) is 0 Å². The quantitative estimate of drug-likeness (QED) is 0.748. The highest BCUT2D eigenvalue weighted by Gasteiger charge is 2.39. The Balaban J connectivity index is 1.86. The molecular formula is C19H28O2. The van der Waals surface area contributed by atoms with Crippen molar-refractivity contribution < 1.29 is 9.84 Å². The standard InChI is InChI=1S/C19H28O2/c1-16-9-8-14-19(16,15-21-2)13-7-6-12-18(20)17-10-4-3-5-11-17/h3-7,10-11,16,18,20H,8-9,12-15H2,1-2H3/b7-6+/t16-,18?,19+/m0/s1. The maximum atomic E-state index is 10.2. The maximum Gasteiger partial charge on any atom is 0.0824 e. The zero-order valence-corrected chi connectivity index (χ0v) is 13.3. The van der Waals surface area contributed by atoms with Gasteiger partial charge in [0.15, 0.2) is 0 Å². The van der Waals surface area contributed by atoms with Gasteiger partial charge in [-0.15, -0.1) is 0 Å². The molecule has 1 aliphatic carbocycles. The molecule has 1 aliphatic rings. The van der Waals surface area contributed by atoms with Gasteiger partial charge in [-0.25, -0.2) is 0 Å². The van der Waals surface area contributed by atoms with Crippen molar-refractivity contribution >= 4 is 0 Å². The summed E-state index contributed by atoms with van der Waals surface area (Å²) in [4.78, 5) is 0. The largest absolute Gasteiger partial charge is 0.388 e. The smallest absolute Gasteiger partial charge is 0.0824 e. The Bertz CT molecular complexity index is 440. The molecule has 0 spiro atoms. The van der Waals surface area contributed by atoms with Crippen molar-refractivity contribution in [1.29, 1.82) is 0 Å². The van der Waals surface area contributed by atoms with E-state index < -0.39 is 6.10 Å². The van der Waals surface area contributed by atoms with Crippen molar-refractivity contribution in [2.75, 3.05) is 13.7 Å². The van der Waals surface area contributed by atoms with Gasteiger partial charge in [-0.3, -0.25) is 0 Å². The number of ether oxygens (including phenoxy) is 1. The van der Waals surface area contributed by atoms with Crippen molar-refractivity contribution in [2.24, 2.45) is 11.3 Å². The summed E-state index contributed by atoms with van der Waals surface area (Å²) in [7, 11) is 1.80. The number of rotatable bonds is 7. The number of methoxy groups -OCH3 is 1. The molecule has 2 nitrogen and oxygen atoms in total. The second-order valence-corrected chi connectivity index (χ2v) is 6.43. The van der Waals surface area contributed by atoms with Crippen LogP contribution in [0, 0.1) is 11.3 Å². The Morgan fingerprint density at radius 2 is 2.10 bits per heavy atom. The summed E-state index contributed by atoms with van der Waals surface area (Å²) in [5.74, 6) is 0.723. The molecule has 1 fully saturated rings. The van der Waals surface area contributed by atoms with Gasteiger partial charge in [-0.2, -0.15) is 0 Å². The fraction of sp³-hybridized carbons (Fsp3) is 0.579. The van der Waals surface area contributed by atoms with Crippen LogP contribution < -0.4 is 0 Å². The van der Waals surface area contributed by atoms with E-state index in [0.717, 1.165) is 24.5 Å². The van der Waals surface area contributed by atoms with Crippen molar-refractivity contribution in [3.63, 3.8) is 0 Å². The Kier molecular flexibility index (Phi) is 6.01. The topological polar surface area (TPSA) is 29.5 Å². The molecule has 1 aromatic rings. The normalized spacial score (nSPS) is 27.3. The average Bonchev–Trinajstić information content (AvgIpc) is 2.86. The molecule has 0 heterocycles. The molecule has 0 saturated heterocycles. The molecule has 1 aromatic carbocycles. The lowest BCUT2D eigenvalue weighted by Gasteiger charge is -2.32. The van der Waals surface area contributed by atoms with Crippen LogP contribution in [0.15, 0.2) is 42.5 Å². The summed E-state index contributed by atoms with van der Waals surface area (Å²) >= 11 is 0. The fourth-order valence-electron chi connectivity index (χ4n) is 3.53. The molecular weight excluding hydrogens is 260 g/mol. The number of hydrogen-bond donors (Lipinski definition) is 1. The molecule has 2 rings (SSSR count). The molecule has 116 valence electrons. The van der Waals surface area contributed by atoms with E-state index in [9.17, 15) is 5.11 Å². The van der Waals surface area contributed by atoms with Gasteiger partial charge in [0.2, 0.25) is 0 Å². The molecule has 3 atom stereocenters. The van der Waals surface area contributed by atoms with Gasteiger partial charge >= 0.3 is 0 Å². The van der Waals surface area contributed by atoms with Crippen LogP contribution in [-0.2, 0) is 4.74 Å². The van der Waals surface area contributed by atoms with Crippen LogP contribution in [0.25, 0.3) is 0 Å². The summed E-state index contributed by atoms with van der Waals surface area (Å²) in [6.45, 7) is 3.19. The second-order valence-electron chi connectivity index (χ2n) is 6.43. The van der Waals surface area contributed by atoms with E-state index in [2.05, 4.69) is 19.1 Å². The molecule has 0 bridgehead atoms. The van der Waals surface area contributed by atoms with Gasteiger partial charge in [0.05, 0.1) is 12.7 Å². The van der Waals surface area contributed by atoms with E-state index in [-0.39, 0.29) is 0 Å². The van der Waals surface area contributed by atoms with Crippen molar-refractivity contribution in [2.45, 2.75) is 45.1 Å². The molecule has 1 saturated carbocycles. The fourth-order valence-corrected chi connectivity index (χ4v) is 3.53. The van der Waals surface area contributed by atoms with Gasteiger partial charge in [-0.1, -0.05) is 62.2 Å². The Morgan fingerprint density at radius 3 is 2.71 bits per heavy atom. The van der Waals surface area contributed by atoms with Crippen molar-refractivity contribution in [3.05, 3.63) is 48.0 Å². The minimum Gasteiger partial charge on any atom is -0.388 e. The number of allylic oxidation sites excluding steroid dienone is 1. The van der Waals surface area contributed by atoms with Crippen LogP contribution in [0.2, 0.25) is 0 Å². The number of benzene rings is 1. The minimum atomic E-state index is -0.401. The molecule has 0 radical (unpaired) electrons. The van der Waals surface area contributed by atoms with Gasteiger partial charge in [-0.05, 0) is 36.2 Å². The molecule has 2 heteroatoms. The average molecular weight is 288 g/mol. The number of hydrogen-bond acceptors (Lipinski definition) is 2. The molecule has 0 aromatic heterocycles. The van der Waals surface area contributed by atoms with E-state index >= 15 is 0 Å². The Labute approximate surface area is 128 Å². The highest BCUT2D eigenvalue weighted by molar-refractivity contribution is 5.18. The van der Waals surface area contributed by atoms with Crippen molar-refractivity contribution in [3.8, 4) is 0 Å². The molecule has 0 amide bonds. The highest BCUT2D eigenvalue weighted by atomic mass is 16.5. The second kappa shape index (κ2) is 7.77. The zero-order valence-electron chi connectivity index (χ0n) is 13.3. The predicted molar refractivity (Wildman–Crippen MR) is 87.1 cm³/mol. The Morgan fingerprint density at radius 1 is 1.33 bits per heavy atom. The summed E-state index contributed by atoms with van der Waals surface area (Å²) in [6.07, 6.45) is 9.59. The van der Waals surface area contributed by atoms with Crippen LogP contribution in [0.5, 0.6) is 0 Å². The third-order valence-corrected chi connectivity index (χ3v) is 5.02. The minimum absolute atomic E-state index is 0.308. The number of aliphatic hydroxyl groups excluding tert-OH is 1. The lowest BCUT2D eigenvalue weighted by atomic mass is 9.76. The lowest BCUT2D eigenvalue weighted by Crippen LogP contribution is -2.28. The van der Waals surface area contributed by atoms with E-state index in [4.69, 9.17) is 4.74 Å². The maximum absolute atomic E-state index is 10.2. The summed E-state index contributed by atoms with van der Waals surface area (Å²) < 4.78 is 5.46. The van der Waals surface area contributed by atoms with Gasteiger partial charge < -0.3 is 9.84 Å².